The summed E-state index contributed by atoms with van der Waals surface area (Å²) >= 11 is 6.23. The lowest BCUT2D eigenvalue weighted by atomic mass is 9.96. The Morgan fingerprint density at radius 2 is 1.73 bits per heavy atom. The molecule has 1 saturated heterocycles. The van der Waals surface area contributed by atoms with Gasteiger partial charge in [-0.05, 0) is 56.0 Å². The van der Waals surface area contributed by atoms with Gasteiger partial charge >= 0.3 is 0 Å². The summed E-state index contributed by atoms with van der Waals surface area (Å²) in [5.74, 6) is -0.320. The van der Waals surface area contributed by atoms with Gasteiger partial charge in [0.1, 0.15) is 10.4 Å². The maximum absolute atomic E-state index is 13.3. The lowest BCUT2D eigenvalue weighted by Gasteiger charge is -2.18. The Kier molecular flexibility index (Phi) is 6.41. The fourth-order valence-electron chi connectivity index (χ4n) is 4.15. The van der Waals surface area contributed by atoms with Crippen molar-refractivity contribution >= 4 is 27.5 Å². The van der Waals surface area contributed by atoms with E-state index in [4.69, 9.17) is 16.6 Å². The van der Waals surface area contributed by atoms with Crippen LogP contribution in [0.3, 0.4) is 0 Å². The van der Waals surface area contributed by atoms with Crippen LogP contribution < -0.4 is 5.49 Å². The largest absolute Gasteiger partial charge is 0.268 e. The average molecular weight is 448 g/mol. The molecular formula is C22H26ClN3O3S. The zero-order valence-corrected chi connectivity index (χ0v) is 18.4. The van der Waals surface area contributed by atoms with Crippen molar-refractivity contribution in [1.29, 1.82) is 0 Å². The molecule has 6 nitrogen and oxygen atoms in total. The van der Waals surface area contributed by atoms with E-state index in [0.717, 1.165) is 38.5 Å². The van der Waals surface area contributed by atoms with Crippen LogP contribution in [0.5, 0.6) is 0 Å². The van der Waals surface area contributed by atoms with Crippen LogP contribution in [0.15, 0.2) is 52.5 Å². The van der Waals surface area contributed by atoms with Crippen LogP contribution in [-0.2, 0) is 10.0 Å². The van der Waals surface area contributed by atoms with Crippen LogP contribution in [0.2, 0.25) is 5.02 Å². The van der Waals surface area contributed by atoms with Gasteiger partial charge in [-0.1, -0.05) is 36.9 Å². The molecule has 30 heavy (non-hydrogen) atoms. The number of carbonyl (C=O) groups excluding carboxylic acids is 1. The number of carbonyl (C=O) groups is 1. The predicted molar refractivity (Wildman–Crippen MR) is 116 cm³/mol. The first kappa shape index (κ1) is 21.3. The van der Waals surface area contributed by atoms with E-state index in [0.29, 0.717) is 18.6 Å². The van der Waals surface area contributed by atoms with E-state index in [1.54, 1.807) is 18.3 Å². The maximum Gasteiger partial charge on any atom is 0.263 e. The second kappa shape index (κ2) is 9.04. The molecule has 160 valence electrons. The summed E-state index contributed by atoms with van der Waals surface area (Å²) in [6.45, 7) is 0.962. The number of hydrogen-bond acceptors (Lipinski definition) is 4. The van der Waals surface area contributed by atoms with Gasteiger partial charge in [0.05, 0.1) is 11.1 Å². The van der Waals surface area contributed by atoms with Crippen molar-refractivity contribution in [3.8, 4) is 0 Å². The van der Waals surface area contributed by atoms with Crippen LogP contribution in [0, 0.1) is 0 Å². The average Bonchev–Trinajstić information content (AvgIpc) is 3.31. The topological polar surface area (TPSA) is 71.7 Å². The van der Waals surface area contributed by atoms with Gasteiger partial charge in [0.15, 0.2) is 0 Å². The number of hydrogen-bond donors (Lipinski definition) is 0. The number of aromatic nitrogens is 1. The molecule has 0 radical (unpaired) electrons. The summed E-state index contributed by atoms with van der Waals surface area (Å²) in [6.07, 6.45) is 8.95. The predicted octanol–water partition coefficient (Wildman–Crippen LogP) is 3.85. The molecule has 4 rings (SSSR count). The molecule has 1 aromatic carbocycles. The fourth-order valence-corrected chi connectivity index (χ4v) is 6.17. The second-order valence-electron chi connectivity index (χ2n) is 7.91. The Bertz CT molecular complexity index is 1100. The van der Waals surface area contributed by atoms with E-state index in [2.05, 4.69) is 0 Å². The minimum Gasteiger partial charge on any atom is -0.268 e. The third kappa shape index (κ3) is 4.38. The standard InChI is InChI=1S/C22H26ClN3O3S/c23-19-12-11-17(16-20(19)30(28,29)25-13-6-7-14-25)22(27)26-15-5-4-10-21(26)24-18-8-2-1-3-9-18/h4-5,10-12,15-16,18H,1-3,6-9,13-14H2. The van der Waals surface area contributed by atoms with Gasteiger partial charge in [0, 0.05) is 24.8 Å². The highest BCUT2D eigenvalue weighted by atomic mass is 35.5. The van der Waals surface area contributed by atoms with Crippen molar-refractivity contribution in [3.05, 3.63) is 58.7 Å². The first-order chi connectivity index (χ1) is 14.5. The maximum atomic E-state index is 13.3. The SMILES string of the molecule is O=C(c1ccc(Cl)c(S(=O)(=O)N2CCCC2)c1)n1ccccc1=NC1CCCCC1. The van der Waals surface area contributed by atoms with Gasteiger partial charge in [0.2, 0.25) is 10.0 Å². The smallest absolute Gasteiger partial charge is 0.263 e. The molecule has 0 N–H and O–H groups in total. The first-order valence-electron chi connectivity index (χ1n) is 10.5. The van der Waals surface area contributed by atoms with Gasteiger partial charge in [-0.3, -0.25) is 14.4 Å². The molecule has 8 heteroatoms. The Labute approximate surface area is 182 Å². The van der Waals surface area contributed by atoms with Crippen LogP contribution in [-0.4, -0.2) is 42.3 Å². The summed E-state index contributed by atoms with van der Waals surface area (Å²) in [7, 11) is -3.72. The number of sulfonamides is 1. The fraction of sp³-hybridized carbons (Fsp3) is 0.455. The molecule has 1 aromatic heterocycles. The van der Waals surface area contributed by atoms with Crippen molar-refractivity contribution in [2.45, 2.75) is 55.9 Å². The summed E-state index contributed by atoms with van der Waals surface area (Å²) in [5, 5.41) is 0.128. The molecule has 1 aliphatic heterocycles. The van der Waals surface area contributed by atoms with E-state index in [-0.39, 0.29) is 27.4 Å². The van der Waals surface area contributed by atoms with Gasteiger partial charge < -0.3 is 0 Å². The van der Waals surface area contributed by atoms with E-state index >= 15 is 0 Å². The Morgan fingerprint density at radius 3 is 2.47 bits per heavy atom. The van der Waals surface area contributed by atoms with Gasteiger partial charge in [-0.2, -0.15) is 4.31 Å². The minimum absolute atomic E-state index is 0.0146. The van der Waals surface area contributed by atoms with Gasteiger partial charge in [0.25, 0.3) is 5.91 Å². The highest BCUT2D eigenvalue weighted by Crippen LogP contribution is 2.28. The van der Waals surface area contributed by atoms with E-state index in [9.17, 15) is 13.2 Å². The minimum atomic E-state index is -3.72. The van der Waals surface area contributed by atoms with E-state index in [1.807, 2.05) is 12.1 Å². The third-order valence-corrected chi connectivity index (χ3v) is 8.19. The normalized spacial score (nSPS) is 19.3. The molecule has 0 amide bonds. The van der Waals surface area contributed by atoms with Crippen LogP contribution >= 0.6 is 11.6 Å². The zero-order chi connectivity index (χ0) is 21.1. The number of benzene rings is 1. The van der Waals surface area contributed by atoms with Crippen LogP contribution in [0.4, 0.5) is 0 Å². The van der Waals surface area contributed by atoms with Crippen molar-refractivity contribution in [3.63, 3.8) is 0 Å². The lowest BCUT2D eigenvalue weighted by molar-refractivity contribution is 0.0954. The Balaban J connectivity index is 1.71. The molecule has 1 saturated carbocycles. The molecular weight excluding hydrogens is 422 g/mol. The van der Waals surface area contributed by atoms with Crippen molar-refractivity contribution < 1.29 is 13.2 Å². The van der Waals surface area contributed by atoms with Crippen molar-refractivity contribution in [2.24, 2.45) is 4.99 Å². The lowest BCUT2D eigenvalue weighted by Crippen LogP contribution is -2.30. The summed E-state index contributed by atoms with van der Waals surface area (Å²) in [4.78, 5) is 18.1. The van der Waals surface area contributed by atoms with Crippen LogP contribution in [0.1, 0.15) is 55.3 Å². The second-order valence-corrected chi connectivity index (χ2v) is 10.2. The Morgan fingerprint density at radius 1 is 1.00 bits per heavy atom. The number of nitrogens with zero attached hydrogens (tertiary/aromatic N) is 3. The van der Waals surface area contributed by atoms with Crippen LogP contribution in [0.25, 0.3) is 0 Å². The molecule has 0 atom stereocenters. The number of rotatable bonds is 4. The van der Waals surface area contributed by atoms with Gasteiger partial charge in [-0.15, -0.1) is 0 Å². The quantitative estimate of drug-likeness (QED) is 0.714. The molecule has 0 spiro atoms. The van der Waals surface area contributed by atoms with E-state index < -0.39 is 10.0 Å². The molecule has 2 aromatic rings. The zero-order valence-electron chi connectivity index (χ0n) is 16.8. The molecule has 0 bridgehead atoms. The molecule has 1 aliphatic carbocycles. The number of halogens is 1. The number of pyridine rings is 1. The molecule has 2 aliphatic rings. The Hall–Kier alpha value is -1.96. The highest BCUT2D eigenvalue weighted by Gasteiger charge is 2.30. The summed E-state index contributed by atoms with van der Waals surface area (Å²) in [5.41, 5.74) is 0.863. The van der Waals surface area contributed by atoms with Crippen molar-refractivity contribution in [1.82, 2.24) is 8.87 Å². The highest BCUT2D eigenvalue weighted by molar-refractivity contribution is 7.89. The summed E-state index contributed by atoms with van der Waals surface area (Å²) < 4.78 is 28.9. The summed E-state index contributed by atoms with van der Waals surface area (Å²) in [6, 6.07) is 10.1. The first-order valence-corrected chi connectivity index (χ1v) is 12.3. The third-order valence-electron chi connectivity index (χ3n) is 5.81. The van der Waals surface area contributed by atoms with E-state index in [1.165, 1.54) is 27.4 Å². The molecule has 2 fully saturated rings. The molecule has 2 heterocycles. The van der Waals surface area contributed by atoms with Gasteiger partial charge in [-0.25, -0.2) is 8.42 Å². The monoisotopic (exact) mass is 447 g/mol. The molecule has 0 unspecified atom stereocenters. The van der Waals surface area contributed by atoms with Crippen molar-refractivity contribution in [2.75, 3.05) is 13.1 Å².